The number of carbonyl (C=O) groups excluding carboxylic acids is 1. The number of aliphatic hydroxyl groups is 1. The third kappa shape index (κ3) is 2.18. The van der Waals surface area contributed by atoms with Crippen molar-refractivity contribution in [1.82, 2.24) is 4.98 Å². The summed E-state index contributed by atoms with van der Waals surface area (Å²) in [7, 11) is 0. The van der Waals surface area contributed by atoms with Crippen LogP contribution >= 0.6 is 0 Å². The van der Waals surface area contributed by atoms with Gasteiger partial charge in [0.05, 0.1) is 0 Å². The number of nitrogens with zero attached hydrogens (tertiary/aromatic N) is 1. The third-order valence-corrected chi connectivity index (χ3v) is 2.24. The van der Waals surface area contributed by atoms with Crippen molar-refractivity contribution in [3.05, 3.63) is 33.2 Å². The molecule has 16 heavy (non-hydrogen) atoms. The minimum atomic E-state index is -1.15. The molecular weight excluding hydrogens is 208 g/mol. The summed E-state index contributed by atoms with van der Waals surface area (Å²) >= 11 is 0. The number of aliphatic hydroxyl groups excluding tert-OH is 1. The van der Waals surface area contributed by atoms with Gasteiger partial charge in [-0.2, -0.15) is 5.26 Å². The van der Waals surface area contributed by atoms with Crippen molar-refractivity contribution in [2.45, 2.75) is 26.4 Å². The van der Waals surface area contributed by atoms with Gasteiger partial charge in [-0.3, -0.25) is 9.59 Å². The van der Waals surface area contributed by atoms with E-state index in [1.54, 1.807) is 13.0 Å². The number of nitriles is 1. The molecule has 0 radical (unpaired) electrons. The fourth-order valence-electron chi connectivity index (χ4n) is 1.38. The minimum absolute atomic E-state index is 0.124. The second kappa shape index (κ2) is 4.73. The molecule has 1 aromatic heterocycles. The summed E-state index contributed by atoms with van der Waals surface area (Å²) in [5.41, 5.74) is 0.00578. The number of pyridine rings is 1. The van der Waals surface area contributed by atoms with Gasteiger partial charge in [0, 0.05) is 11.3 Å². The van der Waals surface area contributed by atoms with E-state index >= 15 is 0 Å². The van der Waals surface area contributed by atoms with Crippen molar-refractivity contribution in [2.24, 2.45) is 0 Å². The summed E-state index contributed by atoms with van der Waals surface area (Å²) in [6.07, 6.45) is -0.697. The van der Waals surface area contributed by atoms with Crippen molar-refractivity contribution < 1.29 is 9.90 Å². The van der Waals surface area contributed by atoms with Gasteiger partial charge < -0.3 is 10.1 Å². The van der Waals surface area contributed by atoms with Crippen LogP contribution in [0, 0.1) is 11.3 Å². The molecule has 5 nitrogen and oxygen atoms in total. The first-order valence-electron chi connectivity index (χ1n) is 4.89. The molecule has 0 spiro atoms. The zero-order valence-corrected chi connectivity index (χ0v) is 9.07. The fraction of sp³-hybridized carbons (Fsp3) is 0.364. The number of hydrogen-bond acceptors (Lipinski definition) is 4. The van der Waals surface area contributed by atoms with Crippen LogP contribution in [0.15, 0.2) is 10.9 Å². The molecule has 0 aliphatic carbocycles. The average molecular weight is 220 g/mol. The standard InChI is InChI=1S/C11H12N2O3/c1-3-9-8(10(15)6(2)14)4-7(5-12)11(16)13-9/h4,6,14H,3H2,1-2H3,(H,13,16). The average Bonchev–Trinajstić information content (AvgIpc) is 2.27. The van der Waals surface area contributed by atoms with Gasteiger partial charge in [-0.25, -0.2) is 0 Å². The smallest absolute Gasteiger partial charge is 0.266 e. The second-order valence-electron chi connectivity index (χ2n) is 3.41. The molecule has 5 heteroatoms. The number of ketones is 1. The Kier molecular flexibility index (Phi) is 3.59. The summed E-state index contributed by atoms with van der Waals surface area (Å²) < 4.78 is 0. The van der Waals surface area contributed by atoms with E-state index in [0.29, 0.717) is 12.1 Å². The topological polar surface area (TPSA) is 94.0 Å². The Labute approximate surface area is 92.4 Å². The summed E-state index contributed by atoms with van der Waals surface area (Å²) in [6, 6.07) is 2.93. The highest BCUT2D eigenvalue weighted by molar-refractivity contribution is 6.00. The maximum Gasteiger partial charge on any atom is 0.266 e. The number of carbonyl (C=O) groups is 1. The Morgan fingerprint density at radius 1 is 1.69 bits per heavy atom. The number of rotatable bonds is 3. The zero-order chi connectivity index (χ0) is 12.3. The molecule has 0 aromatic carbocycles. The van der Waals surface area contributed by atoms with Gasteiger partial charge in [-0.15, -0.1) is 0 Å². The van der Waals surface area contributed by atoms with Crippen LogP contribution in [-0.4, -0.2) is 22.0 Å². The molecule has 0 saturated carbocycles. The zero-order valence-electron chi connectivity index (χ0n) is 9.07. The van der Waals surface area contributed by atoms with Gasteiger partial charge in [0.15, 0.2) is 5.78 Å². The lowest BCUT2D eigenvalue weighted by molar-refractivity contribution is 0.0778. The van der Waals surface area contributed by atoms with Crippen LogP contribution in [0.4, 0.5) is 0 Å². The van der Waals surface area contributed by atoms with Crippen molar-refractivity contribution in [2.75, 3.05) is 0 Å². The predicted octanol–water partition coefficient (Wildman–Crippen LogP) is 0.372. The minimum Gasteiger partial charge on any atom is -0.385 e. The predicted molar refractivity (Wildman–Crippen MR) is 57.2 cm³/mol. The van der Waals surface area contributed by atoms with Gasteiger partial charge in [0.2, 0.25) is 0 Å². The molecule has 0 amide bonds. The van der Waals surface area contributed by atoms with E-state index in [0.717, 1.165) is 0 Å². The highest BCUT2D eigenvalue weighted by atomic mass is 16.3. The molecule has 0 saturated heterocycles. The van der Waals surface area contributed by atoms with Gasteiger partial charge >= 0.3 is 0 Å². The lowest BCUT2D eigenvalue weighted by Gasteiger charge is -2.08. The molecule has 84 valence electrons. The van der Waals surface area contributed by atoms with E-state index in [1.165, 1.54) is 13.0 Å². The van der Waals surface area contributed by atoms with Gasteiger partial charge in [0.25, 0.3) is 5.56 Å². The van der Waals surface area contributed by atoms with E-state index < -0.39 is 17.4 Å². The van der Waals surface area contributed by atoms with Crippen molar-refractivity contribution in [3.63, 3.8) is 0 Å². The monoisotopic (exact) mass is 220 g/mol. The Hall–Kier alpha value is -1.93. The number of H-pyrrole nitrogens is 1. The number of aromatic nitrogens is 1. The molecule has 0 fully saturated rings. The van der Waals surface area contributed by atoms with Crippen LogP contribution in [0.1, 0.15) is 35.5 Å². The van der Waals surface area contributed by atoms with Crippen LogP contribution < -0.4 is 5.56 Å². The quantitative estimate of drug-likeness (QED) is 0.719. The number of aromatic amines is 1. The maximum absolute atomic E-state index is 11.6. The normalized spacial score (nSPS) is 11.9. The Morgan fingerprint density at radius 2 is 2.31 bits per heavy atom. The maximum atomic E-state index is 11.6. The van der Waals surface area contributed by atoms with Gasteiger partial charge in [-0.05, 0) is 19.4 Å². The van der Waals surface area contributed by atoms with Crippen molar-refractivity contribution >= 4 is 5.78 Å². The third-order valence-electron chi connectivity index (χ3n) is 2.24. The van der Waals surface area contributed by atoms with Crippen molar-refractivity contribution in [1.29, 1.82) is 5.26 Å². The summed E-state index contributed by atoms with van der Waals surface area (Å²) in [5, 5.41) is 17.9. The number of hydrogen-bond donors (Lipinski definition) is 2. The van der Waals surface area contributed by atoms with E-state index in [4.69, 9.17) is 5.26 Å². The molecule has 1 aromatic rings. The molecule has 0 aliphatic rings. The largest absolute Gasteiger partial charge is 0.385 e. The second-order valence-corrected chi connectivity index (χ2v) is 3.41. The van der Waals surface area contributed by atoms with E-state index in [-0.39, 0.29) is 11.1 Å². The summed E-state index contributed by atoms with van der Waals surface area (Å²) in [4.78, 5) is 25.4. The molecule has 1 atom stereocenters. The lowest BCUT2D eigenvalue weighted by atomic mass is 10.0. The van der Waals surface area contributed by atoms with Crippen LogP contribution in [0.25, 0.3) is 0 Å². The van der Waals surface area contributed by atoms with Crippen LogP contribution in [0.5, 0.6) is 0 Å². The lowest BCUT2D eigenvalue weighted by Crippen LogP contribution is -2.22. The molecular formula is C11H12N2O3. The van der Waals surface area contributed by atoms with Crippen LogP contribution in [-0.2, 0) is 6.42 Å². The first-order valence-corrected chi connectivity index (χ1v) is 4.89. The first-order chi connectivity index (χ1) is 7.51. The van der Waals surface area contributed by atoms with E-state index in [2.05, 4.69) is 4.98 Å². The van der Waals surface area contributed by atoms with Crippen LogP contribution in [0.3, 0.4) is 0 Å². The molecule has 1 rings (SSSR count). The molecule has 1 heterocycles. The van der Waals surface area contributed by atoms with E-state index in [1.807, 2.05) is 0 Å². The van der Waals surface area contributed by atoms with Gasteiger partial charge in [-0.1, -0.05) is 6.92 Å². The molecule has 0 bridgehead atoms. The summed E-state index contributed by atoms with van der Waals surface area (Å²) in [6.45, 7) is 3.12. The number of nitrogens with one attached hydrogen (secondary N) is 1. The summed E-state index contributed by atoms with van der Waals surface area (Å²) in [5.74, 6) is -0.496. The molecule has 2 N–H and O–H groups in total. The molecule has 1 unspecified atom stereocenters. The Bertz CT molecular complexity index is 509. The first kappa shape index (κ1) is 12.1. The van der Waals surface area contributed by atoms with Crippen LogP contribution in [0.2, 0.25) is 0 Å². The Morgan fingerprint density at radius 3 is 2.75 bits per heavy atom. The highest BCUT2D eigenvalue weighted by Gasteiger charge is 2.17. The van der Waals surface area contributed by atoms with Gasteiger partial charge in [0.1, 0.15) is 17.7 Å². The molecule has 0 aliphatic heterocycles. The Balaban J connectivity index is 3.43. The number of Topliss-reactive ketones (excluding diaryl/α,β-unsaturated/α-hetero) is 1. The van der Waals surface area contributed by atoms with Crippen molar-refractivity contribution in [3.8, 4) is 6.07 Å². The fourth-order valence-corrected chi connectivity index (χ4v) is 1.38. The number of aryl methyl sites for hydroxylation is 1. The SMILES string of the molecule is CCc1[nH]c(=O)c(C#N)cc1C(=O)C(C)O. The van der Waals surface area contributed by atoms with E-state index in [9.17, 15) is 14.7 Å². The highest BCUT2D eigenvalue weighted by Crippen LogP contribution is 2.09.